The Labute approximate surface area is 102 Å². The van der Waals surface area contributed by atoms with Crippen LogP contribution in [0.1, 0.15) is 18.4 Å². The van der Waals surface area contributed by atoms with Gasteiger partial charge in [0.05, 0.1) is 4.90 Å². The summed E-state index contributed by atoms with van der Waals surface area (Å²) in [6.07, 6.45) is 3.31. The van der Waals surface area contributed by atoms with Gasteiger partial charge in [0, 0.05) is 0 Å². The van der Waals surface area contributed by atoms with Gasteiger partial charge >= 0.3 is 0 Å². The summed E-state index contributed by atoms with van der Waals surface area (Å²) in [5.74, 6) is 0.674. The van der Waals surface area contributed by atoms with Crippen LogP contribution in [0.3, 0.4) is 0 Å². The minimum Gasteiger partial charge on any atom is -0.317 e. The molecule has 0 atom stereocenters. The molecule has 0 saturated carbocycles. The first-order chi connectivity index (χ1) is 8.05. The molecule has 0 spiro atoms. The van der Waals surface area contributed by atoms with Gasteiger partial charge in [0.15, 0.2) is 0 Å². The Morgan fingerprint density at radius 3 is 2.29 bits per heavy atom. The van der Waals surface area contributed by atoms with Crippen LogP contribution in [-0.2, 0) is 16.5 Å². The van der Waals surface area contributed by atoms with Gasteiger partial charge in [0.25, 0.3) is 10.1 Å². The summed E-state index contributed by atoms with van der Waals surface area (Å²) in [6.45, 7) is 2.13. The van der Waals surface area contributed by atoms with E-state index in [2.05, 4.69) is 5.32 Å². The van der Waals surface area contributed by atoms with Crippen LogP contribution in [0.4, 0.5) is 0 Å². The molecule has 1 aromatic carbocycles. The zero-order chi connectivity index (χ0) is 12.3. The van der Waals surface area contributed by atoms with Gasteiger partial charge in [0.2, 0.25) is 0 Å². The normalized spacial score (nSPS) is 18.2. The van der Waals surface area contributed by atoms with Crippen LogP contribution < -0.4 is 5.32 Å². The monoisotopic (exact) mass is 255 g/mol. The van der Waals surface area contributed by atoms with Crippen LogP contribution >= 0.6 is 0 Å². The van der Waals surface area contributed by atoms with Crippen molar-refractivity contribution in [3.8, 4) is 0 Å². The standard InChI is InChI=1S/C12H17NO3S/c14-17(15,16)12-3-1-10(2-4-12)9-11-5-7-13-8-6-11/h1-4,11,13H,5-9H2,(H,14,15,16). The third kappa shape index (κ3) is 3.52. The lowest BCUT2D eigenvalue weighted by molar-refractivity contribution is 0.372. The van der Waals surface area contributed by atoms with E-state index in [1.165, 1.54) is 25.0 Å². The highest BCUT2D eigenvalue weighted by Gasteiger charge is 2.14. The molecular weight excluding hydrogens is 238 g/mol. The summed E-state index contributed by atoms with van der Waals surface area (Å²) in [6, 6.07) is 6.49. The van der Waals surface area contributed by atoms with E-state index in [0.29, 0.717) is 5.92 Å². The third-order valence-corrected chi connectivity index (χ3v) is 4.07. The maximum absolute atomic E-state index is 10.9. The second-order valence-electron chi connectivity index (χ2n) is 4.52. The van der Waals surface area contributed by atoms with Gasteiger partial charge in [-0.1, -0.05) is 12.1 Å². The summed E-state index contributed by atoms with van der Waals surface area (Å²) < 4.78 is 30.6. The van der Waals surface area contributed by atoms with Crippen molar-refractivity contribution in [2.24, 2.45) is 5.92 Å². The van der Waals surface area contributed by atoms with E-state index in [1.54, 1.807) is 12.1 Å². The van der Waals surface area contributed by atoms with Crippen LogP contribution in [0, 0.1) is 5.92 Å². The molecule has 1 heterocycles. The van der Waals surface area contributed by atoms with Gasteiger partial charge in [-0.3, -0.25) is 4.55 Å². The van der Waals surface area contributed by atoms with E-state index < -0.39 is 10.1 Å². The van der Waals surface area contributed by atoms with Crippen molar-refractivity contribution in [3.63, 3.8) is 0 Å². The molecule has 1 fully saturated rings. The van der Waals surface area contributed by atoms with E-state index in [-0.39, 0.29) is 4.90 Å². The van der Waals surface area contributed by atoms with Gasteiger partial charge in [-0.25, -0.2) is 0 Å². The molecular formula is C12H17NO3S. The van der Waals surface area contributed by atoms with E-state index in [1.807, 2.05) is 0 Å². The van der Waals surface area contributed by atoms with Crippen molar-refractivity contribution < 1.29 is 13.0 Å². The molecule has 17 heavy (non-hydrogen) atoms. The van der Waals surface area contributed by atoms with Crippen LogP contribution in [0.25, 0.3) is 0 Å². The highest BCUT2D eigenvalue weighted by molar-refractivity contribution is 7.85. The van der Waals surface area contributed by atoms with E-state index in [9.17, 15) is 8.42 Å². The van der Waals surface area contributed by atoms with Crippen LogP contribution in [0.2, 0.25) is 0 Å². The lowest BCUT2D eigenvalue weighted by Gasteiger charge is -2.22. The SMILES string of the molecule is O=S(=O)(O)c1ccc(CC2CCNCC2)cc1. The molecule has 1 saturated heterocycles. The number of nitrogens with one attached hydrogen (secondary N) is 1. The largest absolute Gasteiger partial charge is 0.317 e. The van der Waals surface area contributed by atoms with Crippen molar-refractivity contribution in [2.75, 3.05) is 13.1 Å². The lowest BCUT2D eigenvalue weighted by Crippen LogP contribution is -2.28. The highest BCUT2D eigenvalue weighted by atomic mass is 32.2. The second kappa shape index (κ2) is 5.16. The quantitative estimate of drug-likeness (QED) is 0.803. The Kier molecular flexibility index (Phi) is 3.81. The molecule has 0 radical (unpaired) electrons. The Bertz CT molecular complexity index is 461. The van der Waals surface area contributed by atoms with Crippen molar-refractivity contribution >= 4 is 10.1 Å². The maximum atomic E-state index is 10.9. The molecule has 2 rings (SSSR count). The summed E-state index contributed by atoms with van der Waals surface area (Å²) in [5.41, 5.74) is 1.13. The van der Waals surface area contributed by atoms with Gasteiger partial charge < -0.3 is 5.32 Å². The summed E-state index contributed by atoms with van der Waals surface area (Å²) in [4.78, 5) is -0.0356. The van der Waals surface area contributed by atoms with Gasteiger partial charge in [-0.05, 0) is 56.0 Å². The molecule has 5 heteroatoms. The lowest BCUT2D eigenvalue weighted by atomic mass is 9.91. The fraction of sp³-hybridized carbons (Fsp3) is 0.500. The highest BCUT2D eigenvalue weighted by Crippen LogP contribution is 2.19. The Balaban J connectivity index is 2.03. The fourth-order valence-corrected chi connectivity index (χ4v) is 2.70. The van der Waals surface area contributed by atoms with E-state index in [4.69, 9.17) is 4.55 Å². The third-order valence-electron chi connectivity index (χ3n) is 3.20. The van der Waals surface area contributed by atoms with Crippen LogP contribution in [0.15, 0.2) is 29.2 Å². The van der Waals surface area contributed by atoms with Crippen molar-refractivity contribution in [3.05, 3.63) is 29.8 Å². The first-order valence-electron chi connectivity index (χ1n) is 5.83. The second-order valence-corrected chi connectivity index (χ2v) is 5.94. The van der Waals surface area contributed by atoms with E-state index in [0.717, 1.165) is 25.1 Å². The van der Waals surface area contributed by atoms with Crippen LogP contribution in [0.5, 0.6) is 0 Å². The molecule has 2 N–H and O–H groups in total. The number of rotatable bonds is 3. The first kappa shape index (κ1) is 12.5. The Morgan fingerprint density at radius 1 is 1.18 bits per heavy atom. The minimum atomic E-state index is -4.06. The average molecular weight is 255 g/mol. The zero-order valence-corrected chi connectivity index (χ0v) is 10.4. The van der Waals surface area contributed by atoms with Crippen molar-refractivity contribution in [2.45, 2.75) is 24.2 Å². The molecule has 0 amide bonds. The molecule has 0 aromatic heterocycles. The van der Waals surface area contributed by atoms with Gasteiger partial charge in [0.1, 0.15) is 0 Å². The summed E-state index contributed by atoms with van der Waals surface area (Å²) in [7, 11) is -4.06. The Morgan fingerprint density at radius 2 is 1.76 bits per heavy atom. The first-order valence-corrected chi connectivity index (χ1v) is 7.27. The number of hydrogen-bond donors (Lipinski definition) is 2. The molecule has 1 aromatic rings. The Hall–Kier alpha value is -0.910. The number of piperidine rings is 1. The van der Waals surface area contributed by atoms with Crippen LogP contribution in [-0.4, -0.2) is 26.1 Å². The summed E-state index contributed by atoms with van der Waals surface area (Å²) >= 11 is 0. The van der Waals surface area contributed by atoms with Crippen molar-refractivity contribution in [1.29, 1.82) is 0 Å². The van der Waals surface area contributed by atoms with Crippen molar-refractivity contribution in [1.82, 2.24) is 5.32 Å². The maximum Gasteiger partial charge on any atom is 0.294 e. The predicted octanol–water partition coefficient (Wildman–Crippen LogP) is 1.48. The van der Waals surface area contributed by atoms with Gasteiger partial charge in [-0.2, -0.15) is 8.42 Å². The minimum absolute atomic E-state index is 0.0356. The molecule has 0 aliphatic carbocycles. The number of benzene rings is 1. The molecule has 4 nitrogen and oxygen atoms in total. The predicted molar refractivity (Wildman–Crippen MR) is 65.6 cm³/mol. The molecule has 0 unspecified atom stereocenters. The fourth-order valence-electron chi connectivity index (χ4n) is 2.22. The molecule has 0 bridgehead atoms. The smallest absolute Gasteiger partial charge is 0.294 e. The van der Waals surface area contributed by atoms with Gasteiger partial charge in [-0.15, -0.1) is 0 Å². The number of hydrogen-bond acceptors (Lipinski definition) is 3. The molecule has 1 aliphatic rings. The zero-order valence-electron chi connectivity index (χ0n) is 9.59. The molecule has 94 valence electrons. The average Bonchev–Trinajstić information content (AvgIpc) is 2.30. The molecule has 1 aliphatic heterocycles. The summed E-state index contributed by atoms with van der Waals surface area (Å²) in [5, 5.41) is 3.32. The van der Waals surface area contributed by atoms with E-state index >= 15 is 0 Å². The topological polar surface area (TPSA) is 66.4 Å².